The van der Waals surface area contributed by atoms with Crippen LogP contribution in [0.25, 0.3) is 0 Å². The molecule has 0 aromatic heterocycles. The van der Waals surface area contributed by atoms with Gasteiger partial charge in [-0.3, -0.25) is 4.79 Å². The topological polar surface area (TPSA) is 64.3 Å². The second kappa shape index (κ2) is 6.96. The zero-order chi connectivity index (χ0) is 13.5. The summed E-state index contributed by atoms with van der Waals surface area (Å²) in [6.45, 7) is 2.04. The molecule has 4 nitrogen and oxygen atoms in total. The predicted molar refractivity (Wildman–Crippen MR) is 77.0 cm³/mol. The van der Waals surface area contributed by atoms with Gasteiger partial charge in [-0.05, 0) is 18.6 Å². The van der Waals surface area contributed by atoms with E-state index in [-0.39, 0.29) is 10.9 Å². The van der Waals surface area contributed by atoms with Crippen molar-refractivity contribution in [2.24, 2.45) is 5.73 Å². The molecule has 1 rings (SSSR count). The minimum atomic E-state index is -0.0566. The number of carbonyl (C=O) groups is 1. The molecule has 0 aliphatic heterocycles. The number of unbranched alkanes of at least 4 members (excludes halogenated alkanes) is 1. The van der Waals surface area contributed by atoms with E-state index in [1.54, 1.807) is 25.3 Å². The Balaban J connectivity index is 2.97. The highest BCUT2D eigenvalue weighted by molar-refractivity contribution is 7.80. The second-order valence-corrected chi connectivity index (χ2v) is 4.34. The van der Waals surface area contributed by atoms with Gasteiger partial charge in [-0.1, -0.05) is 31.6 Å². The summed E-state index contributed by atoms with van der Waals surface area (Å²) in [4.78, 5) is 12.0. The number of carbonyl (C=O) groups excluding carboxylic acids is 1. The number of nitrogens with one attached hydrogen (secondary N) is 1. The van der Waals surface area contributed by atoms with Crippen LogP contribution >= 0.6 is 12.2 Å². The summed E-state index contributed by atoms with van der Waals surface area (Å²) < 4.78 is 5.21. The normalized spacial score (nSPS) is 9.89. The molecule has 0 heterocycles. The molecule has 1 aromatic rings. The van der Waals surface area contributed by atoms with Gasteiger partial charge in [-0.25, -0.2) is 0 Å². The molecule has 0 atom stereocenters. The average Bonchev–Trinajstić information content (AvgIpc) is 2.36. The average molecular weight is 266 g/mol. The molecular formula is C13H18N2O2S. The highest BCUT2D eigenvalue weighted by Crippen LogP contribution is 2.28. The van der Waals surface area contributed by atoms with E-state index in [1.807, 2.05) is 6.92 Å². The van der Waals surface area contributed by atoms with E-state index in [0.717, 1.165) is 12.8 Å². The molecule has 0 fully saturated rings. The van der Waals surface area contributed by atoms with Gasteiger partial charge in [-0.15, -0.1) is 0 Å². The highest BCUT2D eigenvalue weighted by atomic mass is 32.1. The van der Waals surface area contributed by atoms with E-state index in [2.05, 4.69) is 5.32 Å². The number of nitrogens with two attached hydrogens (primary N) is 1. The summed E-state index contributed by atoms with van der Waals surface area (Å²) in [5.74, 6) is 0.504. The van der Waals surface area contributed by atoms with E-state index in [1.165, 1.54) is 0 Å². The highest BCUT2D eigenvalue weighted by Gasteiger charge is 2.13. The molecule has 1 aromatic carbocycles. The molecule has 18 heavy (non-hydrogen) atoms. The van der Waals surface area contributed by atoms with Crippen LogP contribution in [0.15, 0.2) is 18.2 Å². The van der Waals surface area contributed by atoms with Gasteiger partial charge >= 0.3 is 0 Å². The number of hydrogen-bond donors (Lipinski definition) is 2. The Labute approximate surface area is 113 Å². The first-order valence-corrected chi connectivity index (χ1v) is 6.27. The van der Waals surface area contributed by atoms with Gasteiger partial charge in [-0.2, -0.15) is 0 Å². The van der Waals surface area contributed by atoms with Crippen LogP contribution in [0.5, 0.6) is 5.75 Å². The Kier molecular flexibility index (Phi) is 5.58. The Bertz CT molecular complexity index is 447. The molecule has 0 saturated heterocycles. The quantitative estimate of drug-likeness (QED) is 0.776. The molecule has 0 spiro atoms. The Morgan fingerprint density at radius 3 is 2.78 bits per heavy atom. The lowest BCUT2D eigenvalue weighted by atomic mass is 10.1. The summed E-state index contributed by atoms with van der Waals surface area (Å²) in [6, 6.07) is 5.31. The predicted octanol–water partition coefficient (Wildman–Crippen LogP) is 2.46. The first-order valence-electron chi connectivity index (χ1n) is 5.86. The number of ether oxygens (including phenoxy) is 1. The standard InChI is InChI=1S/C13H18N2O2S/c1-3-4-8-11(16)15-12-9(13(14)18)6-5-7-10(12)17-2/h5-7H,3-4,8H2,1-2H3,(H2,14,18)(H,15,16). The largest absolute Gasteiger partial charge is 0.495 e. The molecule has 98 valence electrons. The number of benzene rings is 1. The maximum absolute atomic E-state index is 11.8. The maximum Gasteiger partial charge on any atom is 0.224 e. The Morgan fingerprint density at radius 2 is 2.22 bits per heavy atom. The zero-order valence-corrected chi connectivity index (χ0v) is 11.5. The van der Waals surface area contributed by atoms with Gasteiger partial charge in [0.05, 0.1) is 12.8 Å². The number of para-hydroxylation sites is 1. The minimum absolute atomic E-state index is 0.0566. The van der Waals surface area contributed by atoms with Gasteiger partial charge in [0.15, 0.2) is 0 Å². The van der Waals surface area contributed by atoms with Crippen molar-refractivity contribution >= 4 is 28.8 Å². The summed E-state index contributed by atoms with van der Waals surface area (Å²) >= 11 is 4.97. The lowest BCUT2D eigenvalue weighted by Crippen LogP contribution is -2.18. The third-order valence-corrected chi connectivity index (χ3v) is 2.75. The summed E-state index contributed by atoms with van der Waals surface area (Å²) in [6.07, 6.45) is 2.30. The number of rotatable bonds is 6. The monoisotopic (exact) mass is 266 g/mol. The molecule has 3 N–H and O–H groups in total. The van der Waals surface area contributed by atoms with Crippen molar-refractivity contribution in [2.75, 3.05) is 12.4 Å². The smallest absolute Gasteiger partial charge is 0.224 e. The van der Waals surface area contributed by atoms with Crippen LogP contribution in [0.2, 0.25) is 0 Å². The lowest BCUT2D eigenvalue weighted by Gasteiger charge is -2.14. The number of anilines is 1. The van der Waals surface area contributed by atoms with Crippen LogP contribution in [-0.2, 0) is 4.79 Å². The number of hydrogen-bond acceptors (Lipinski definition) is 3. The van der Waals surface area contributed by atoms with Crippen LogP contribution in [-0.4, -0.2) is 18.0 Å². The number of thiocarbonyl (C=S) groups is 1. The molecule has 5 heteroatoms. The minimum Gasteiger partial charge on any atom is -0.495 e. The van der Waals surface area contributed by atoms with E-state index in [4.69, 9.17) is 22.7 Å². The second-order valence-electron chi connectivity index (χ2n) is 3.90. The first-order chi connectivity index (χ1) is 8.60. The zero-order valence-electron chi connectivity index (χ0n) is 10.7. The molecular weight excluding hydrogens is 248 g/mol. The van der Waals surface area contributed by atoms with Crippen LogP contribution < -0.4 is 15.8 Å². The first kappa shape index (κ1) is 14.4. The van der Waals surface area contributed by atoms with Crippen LogP contribution in [0.1, 0.15) is 31.7 Å². The van der Waals surface area contributed by atoms with Gasteiger partial charge in [0.2, 0.25) is 5.91 Å². The third-order valence-electron chi connectivity index (χ3n) is 2.53. The van der Waals surface area contributed by atoms with Gasteiger partial charge in [0.1, 0.15) is 10.7 Å². The Morgan fingerprint density at radius 1 is 1.50 bits per heavy atom. The van der Waals surface area contributed by atoms with Crippen molar-refractivity contribution in [3.63, 3.8) is 0 Å². The van der Waals surface area contributed by atoms with Crippen molar-refractivity contribution < 1.29 is 9.53 Å². The SMILES string of the molecule is CCCCC(=O)Nc1c(OC)cccc1C(N)=S. The van der Waals surface area contributed by atoms with Crippen LogP contribution in [0, 0.1) is 0 Å². The van der Waals surface area contributed by atoms with Crippen molar-refractivity contribution in [1.29, 1.82) is 0 Å². The summed E-state index contributed by atoms with van der Waals surface area (Å²) in [5.41, 5.74) is 6.81. The fraction of sp³-hybridized carbons (Fsp3) is 0.385. The molecule has 0 aliphatic rings. The van der Waals surface area contributed by atoms with E-state index in [9.17, 15) is 4.79 Å². The van der Waals surface area contributed by atoms with Gasteiger partial charge in [0, 0.05) is 12.0 Å². The van der Waals surface area contributed by atoms with Crippen molar-refractivity contribution in [3.05, 3.63) is 23.8 Å². The number of methoxy groups -OCH3 is 1. The van der Waals surface area contributed by atoms with E-state index >= 15 is 0 Å². The van der Waals surface area contributed by atoms with E-state index in [0.29, 0.717) is 23.4 Å². The molecule has 0 aliphatic carbocycles. The van der Waals surface area contributed by atoms with Gasteiger partial charge < -0.3 is 15.8 Å². The fourth-order valence-electron chi connectivity index (χ4n) is 1.57. The van der Waals surface area contributed by atoms with Gasteiger partial charge in [0.25, 0.3) is 0 Å². The lowest BCUT2D eigenvalue weighted by molar-refractivity contribution is -0.116. The van der Waals surface area contributed by atoms with E-state index < -0.39 is 0 Å². The molecule has 0 bridgehead atoms. The molecule has 0 radical (unpaired) electrons. The fourth-order valence-corrected chi connectivity index (χ4v) is 1.74. The third kappa shape index (κ3) is 3.70. The van der Waals surface area contributed by atoms with Crippen molar-refractivity contribution in [3.8, 4) is 5.75 Å². The summed E-state index contributed by atoms with van der Waals surface area (Å²) in [5, 5.41) is 2.81. The number of amides is 1. The summed E-state index contributed by atoms with van der Waals surface area (Å²) in [7, 11) is 1.54. The molecule has 0 saturated carbocycles. The Hall–Kier alpha value is -1.62. The molecule has 1 amide bonds. The van der Waals surface area contributed by atoms with Crippen molar-refractivity contribution in [1.82, 2.24) is 0 Å². The van der Waals surface area contributed by atoms with Crippen LogP contribution in [0.3, 0.4) is 0 Å². The van der Waals surface area contributed by atoms with Crippen molar-refractivity contribution in [2.45, 2.75) is 26.2 Å². The maximum atomic E-state index is 11.8. The van der Waals surface area contributed by atoms with Crippen LogP contribution in [0.4, 0.5) is 5.69 Å². The molecule has 0 unspecified atom stereocenters.